The molecular weight excluding hydrogens is 435 g/mol. The molecule has 0 unspecified atom stereocenters. The molecule has 0 radical (unpaired) electrons. The zero-order valence-corrected chi connectivity index (χ0v) is 17.0. The number of hydrogen-bond acceptors (Lipinski definition) is 4. The Labute approximate surface area is 181 Å². The van der Waals surface area contributed by atoms with E-state index in [2.05, 4.69) is 5.16 Å². The maximum Gasteiger partial charge on any atom is 0.366 e. The zero-order valence-electron chi connectivity index (χ0n) is 14.7. The fourth-order valence-corrected chi connectivity index (χ4v) is 3.13. The second-order valence-corrected chi connectivity index (χ2v) is 7.14. The van der Waals surface area contributed by atoms with Crippen LogP contribution < -0.4 is 5.73 Å². The Morgan fingerprint density at radius 1 is 0.793 bits per heavy atom. The first-order chi connectivity index (χ1) is 13.9. The standard InChI is InChI=1S/C21H13Cl3N2O3/c22-13-7-5-12(6-8-13)19(27)15-3-1-2-4-16(15)21(28)29-26-20(25)17-10-9-14(23)11-18(17)24/h1-11H,(H2,25,26). The summed E-state index contributed by atoms with van der Waals surface area (Å²) in [5.41, 5.74) is 6.79. The van der Waals surface area contributed by atoms with Crippen molar-refractivity contribution in [2.45, 2.75) is 0 Å². The van der Waals surface area contributed by atoms with Gasteiger partial charge in [0.1, 0.15) is 0 Å². The van der Waals surface area contributed by atoms with Crippen LogP contribution in [0.15, 0.2) is 71.9 Å². The average molecular weight is 448 g/mol. The maximum atomic E-state index is 12.8. The van der Waals surface area contributed by atoms with E-state index in [1.54, 1.807) is 48.5 Å². The van der Waals surface area contributed by atoms with E-state index < -0.39 is 5.97 Å². The summed E-state index contributed by atoms with van der Waals surface area (Å²) in [7, 11) is 0. The molecule has 0 aromatic heterocycles. The normalized spacial score (nSPS) is 11.2. The van der Waals surface area contributed by atoms with Crippen molar-refractivity contribution in [2.24, 2.45) is 10.9 Å². The Kier molecular flexibility index (Phi) is 6.54. The van der Waals surface area contributed by atoms with Crippen molar-refractivity contribution in [1.82, 2.24) is 0 Å². The summed E-state index contributed by atoms with van der Waals surface area (Å²) in [5.74, 6) is -1.30. The molecule has 0 heterocycles. The van der Waals surface area contributed by atoms with Gasteiger partial charge in [0.25, 0.3) is 0 Å². The molecule has 0 bridgehead atoms. The first kappa shape index (κ1) is 20.9. The van der Waals surface area contributed by atoms with E-state index in [0.717, 1.165) is 0 Å². The van der Waals surface area contributed by atoms with E-state index in [1.165, 1.54) is 18.2 Å². The van der Waals surface area contributed by atoms with Crippen LogP contribution in [0.2, 0.25) is 15.1 Å². The van der Waals surface area contributed by atoms with Crippen LogP contribution in [0.3, 0.4) is 0 Å². The summed E-state index contributed by atoms with van der Waals surface area (Å²) in [4.78, 5) is 30.2. The quantitative estimate of drug-likeness (QED) is 0.188. The fraction of sp³-hybridized carbons (Fsp3) is 0. The summed E-state index contributed by atoms with van der Waals surface area (Å²) in [6.45, 7) is 0. The van der Waals surface area contributed by atoms with E-state index in [0.29, 0.717) is 21.2 Å². The number of rotatable bonds is 5. The zero-order chi connectivity index (χ0) is 21.0. The molecule has 0 spiro atoms. The third-order valence-corrected chi connectivity index (χ3v) is 4.73. The molecule has 3 rings (SSSR count). The highest BCUT2D eigenvalue weighted by atomic mass is 35.5. The van der Waals surface area contributed by atoms with E-state index >= 15 is 0 Å². The van der Waals surface area contributed by atoms with Crippen molar-refractivity contribution in [3.05, 3.63) is 104 Å². The lowest BCUT2D eigenvalue weighted by molar-refractivity contribution is 0.0513. The van der Waals surface area contributed by atoms with Crippen molar-refractivity contribution >= 4 is 52.4 Å². The second kappa shape index (κ2) is 9.09. The van der Waals surface area contributed by atoms with Gasteiger partial charge in [-0.3, -0.25) is 4.79 Å². The number of oxime groups is 1. The Morgan fingerprint density at radius 3 is 2.07 bits per heavy atom. The molecule has 146 valence electrons. The van der Waals surface area contributed by atoms with E-state index in [-0.39, 0.29) is 27.8 Å². The maximum absolute atomic E-state index is 12.8. The van der Waals surface area contributed by atoms with Crippen LogP contribution in [0, 0.1) is 0 Å². The van der Waals surface area contributed by atoms with Gasteiger partial charge in [0.15, 0.2) is 11.6 Å². The van der Waals surface area contributed by atoms with Crippen LogP contribution in [0.1, 0.15) is 31.8 Å². The number of halogens is 3. The molecule has 0 aliphatic carbocycles. The molecule has 5 nitrogen and oxygen atoms in total. The molecule has 0 aliphatic heterocycles. The van der Waals surface area contributed by atoms with Crippen molar-refractivity contribution < 1.29 is 14.4 Å². The number of benzene rings is 3. The van der Waals surface area contributed by atoms with Gasteiger partial charge in [-0.25, -0.2) is 4.79 Å². The highest BCUT2D eigenvalue weighted by Gasteiger charge is 2.20. The van der Waals surface area contributed by atoms with Crippen LogP contribution in [0.5, 0.6) is 0 Å². The number of ketones is 1. The number of hydrogen-bond donors (Lipinski definition) is 1. The Morgan fingerprint density at radius 2 is 1.41 bits per heavy atom. The summed E-state index contributed by atoms with van der Waals surface area (Å²) in [6, 6.07) is 17.2. The highest BCUT2D eigenvalue weighted by molar-refractivity contribution is 6.37. The third kappa shape index (κ3) is 4.95. The number of nitrogens with two attached hydrogens (primary N) is 1. The van der Waals surface area contributed by atoms with Crippen LogP contribution in [0.25, 0.3) is 0 Å². The van der Waals surface area contributed by atoms with E-state index in [9.17, 15) is 9.59 Å². The van der Waals surface area contributed by atoms with Gasteiger partial charge < -0.3 is 10.6 Å². The van der Waals surface area contributed by atoms with Crippen LogP contribution >= 0.6 is 34.8 Å². The summed E-state index contributed by atoms with van der Waals surface area (Å²) < 4.78 is 0. The smallest absolute Gasteiger partial charge is 0.366 e. The van der Waals surface area contributed by atoms with Crippen LogP contribution in [-0.2, 0) is 4.84 Å². The van der Waals surface area contributed by atoms with Crippen molar-refractivity contribution in [1.29, 1.82) is 0 Å². The first-order valence-electron chi connectivity index (χ1n) is 8.26. The van der Waals surface area contributed by atoms with Crippen molar-refractivity contribution in [3.63, 3.8) is 0 Å². The number of carbonyl (C=O) groups is 2. The molecule has 8 heteroatoms. The lowest BCUT2D eigenvalue weighted by Gasteiger charge is -2.07. The molecule has 0 aliphatic rings. The second-order valence-electron chi connectivity index (χ2n) is 5.86. The lowest BCUT2D eigenvalue weighted by Crippen LogP contribution is -2.17. The minimum atomic E-state index is -0.837. The number of amidine groups is 1. The topological polar surface area (TPSA) is 81.8 Å². The summed E-state index contributed by atoms with van der Waals surface area (Å²) >= 11 is 17.8. The molecule has 3 aromatic carbocycles. The van der Waals surface area contributed by atoms with Crippen LogP contribution in [0.4, 0.5) is 0 Å². The van der Waals surface area contributed by atoms with E-state index in [1.807, 2.05) is 0 Å². The molecule has 0 saturated carbocycles. The number of carbonyl (C=O) groups excluding carboxylic acids is 2. The van der Waals surface area contributed by atoms with Gasteiger partial charge in [-0.1, -0.05) is 58.2 Å². The van der Waals surface area contributed by atoms with Gasteiger partial charge in [0.05, 0.1) is 10.6 Å². The molecule has 3 aromatic rings. The SMILES string of the molecule is N/C(=N\OC(=O)c1ccccc1C(=O)c1ccc(Cl)cc1)c1ccc(Cl)cc1Cl. The van der Waals surface area contributed by atoms with Gasteiger partial charge in [0, 0.05) is 26.7 Å². The molecule has 2 N–H and O–H groups in total. The average Bonchev–Trinajstić information content (AvgIpc) is 2.72. The van der Waals surface area contributed by atoms with Crippen molar-refractivity contribution in [2.75, 3.05) is 0 Å². The lowest BCUT2D eigenvalue weighted by atomic mass is 9.98. The third-order valence-electron chi connectivity index (χ3n) is 3.93. The summed E-state index contributed by atoms with van der Waals surface area (Å²) in [6.07, 6.45) is 0. The Hall–Kier alpha value is -2.86. The molecule has 0 saturated heterocycles. The fourth-order valence-electron chi connectivity index (χ4n) is 2.50. The minimum absolute atomic E-state index is 0.0474. The Bertz CT molecular complexity index is 1110. The summed E-state index contributed by atoms with van der Waals surface area (Å²) in [5, 5.41) is 4.82. The Balaban J connectivity index is 1.85. The largest absolute Gasteiger partial charge is 0.380 e. The molecule has 0 fully saturated rings. The van der Waals surface area contributed by atoms with Crippen molar-refractivity contribution in [3.8, 4) is 0 Å². The molecule has 0 amide bonds. The van der Waals surface area contributed by atoms with Gasteiger partial charge >= 0.3 is 5.97 Å². The van der Waals surface area contributed by atoms with Gasteiger partial charge in [0.2, 0.25) is 0 Å². The van der Waals surface area contributed by atoms with E-state index in [4.69, 9.17) is 45.4 Å². The minimum Gasteiger partial charge on any atom is -0.380 e. The monoisotopic (exact) mass is 446 g/mol. The van der Waals surface area contributed by atoms with Gasteiger partial charge in [-0.2, -0.15) is 0 Å². The molecule has 0 atom stereocenters. The molecule has 29 heavy (non-hydrogen) atoms. The number of nitrogens with zero attached hydrogens (tertiary/aromatic N) is 1. The van der Waals surface area contributed by atoms with Crippen LogP contribution in [-0.4, -0.2) is 17.6 Å². The first-order valence-corrected chi connectivity index (χ1v) is 9.39. The molecular formula is C21H13Cl3N2O3. The van der Waals surface area contributed by atoms with Gasteiger partial charge in [-0.05, 0) is 48.5 Å². The highest BCUT2D eigenvalue weighted by Crippen LogP contribution is 2.21. The predicted molar refractivity (Wildman–Crippen MR) is 114 cm³/mol. The van der Waals surface area contributed by atoms with Gasteiger partial charge in [-0.15, -0.1) is 0 Å². The predicted octanol–water partition coefficient (Wildman–Crippen LogP) is 5.36.